The fraction of sp³-hybridized carbons (Fsp3) is 0.312. The van der Waals surface area contributed by atoms with Crippen LogP contribution >= 0.6 is 11.3 Å². The fourth-order valence-corrected chi connectivity index (χ4v) is 2.61. The van der Waals surface area contributed by atoms with E-state index < -0.39 is 6.03 Å². The second kappa shape index (κ2) is 9.70. The predicted molar refractivity (Wildman–Crippen MR) is 94.4 cm³/mol. The van der Waals surface area contributed by atoms with Gasteiger partial charge in [0, 0.05) is 31.3 Å². The van der Waals surface area contributed by atoms with Crippen molar-refractivity contribution in [2.24, 2.45) is 0 Å². The Morgan fingerprint density at radius 2 is 2.00 bits per heavy atom. The number of halogens is 1. The summed E-state index contributed by atoms with van der Waals surface area (Å²) in [6.45, 7) is 1.14. The number of carbonyl (C=O) groups excluding carboxylic acids is 2. The highest BCUT2D eigenvalue weighted by atomic mass is 32.1. The quantitative estimate of drug-likeness (QED) is 0.626. The maximum Gasteiger partial charge on any atom is 0.325 e. The number of amides is 3. The Bertz CT molecular complexity index is 706. The number of nitrogens with one attached hydrogen (secondary N) is 3. The number of hydrogen-bond acceptors (Lipinski definition) is 5. The highest BCUT2D eigenvalue weighted by molar-refractivity contribution is 7.13. The highest BCUT2D eigenvalue weighted by Gasteiger charge is 2.10. The molecule has 0 aliphatic heterocycles. The summed E-state index contributed by atoms with van der Waals surface area (Å²) in [5, 5.41) is 10.00. The van der Waals surface area contributed by atoms with Gasteiger partial charge in [0.05, 0.1) is 12.1 Å². The summed E-state index contributed by atoms with van der Waals surface area (Å²) in [7, 11) is 1.61. The molecule has 0 spiro atoms. The summed E-state index contributed by atoms with van der Waals surface area (Å²) < 4.78 is 17.7. The van der Waals surface area contributed by atoms with E-state index in [0.29, 0.717) is 29.7 Å². The molecule has 7 nitrogen and oxygen atoms in total. The molecule has 0 bridgehead atoms. The van der Waals surface area contributed by atoms with Crippen LogP contribution < -0.4 is 16.0 Å². The van der Waals surface area contributed by atoms with Crippen LogP contribution in [0.5, 0.6) is 0 Å². The molecule has 0 aliphatic carbocycles. The van der Waals surface area contributed by atoms with Crippen molar-refractivity contribution in [3.05, 3.63) is 41.2 Å². The molecule has 0 aliphatic rings. The molecule has 0 saturated carbocycles. The van der Waals surface area contributed by atoms with Gasteiger partial charge in [-0.3, -0.25) is 10.1 Å². The first-order chi connectivity index (χ1) is 12.1. The second-order valence-corrected chi connectivity index (χ2v) is 5.96. The van der Waals surface area contributed by atoms with Crippen molar-refractivity contribution in [2.75, 3.05) is 30.9 Å². The van der Waals surface area contributed by atoms with E-state index in [1.807, 2.05) is 0 Å². The minimum Gasteiger partial charge on any atom is -0.385 e. The average molecular weight is 366 g/mol. The van der Waals surface area contributed by atoms with Crippen LogP contribution in [0, 0.1) is 5.82 Å². The molecule has 0 unspecified atom stereocenters. The molecule has 3 N–H and O–H groups in total. The summed E-state index contributed by atoms with van der Waals surface area (Å²) in [6.07, 6.45) is 0.889. The molecule has 9 heteroatoms. The Labute approximate surface area is 148 Å². The smallest absolute Gasteiger partial charge is 0.325 e. The standard InChI is InChI=1S/C16H19FN4O3S/c1-24-8-2-7-18-14(22)9-13-10-25-16(20-13)21-15(23)19-12-5-3-11(17)4-6-12/h3-6,10H,2,7-9H2,1H3,(H,18,22)(H2,19,20,21,23). The lowest BCUT2D eigenvalue weighted by Gasteiger charge is -2.05. The molecule has 25 heavy (non-hydrogen) atoms. The molecular weight excluding hydrogens is 347 g/mol. The third-order valence-corrected chi connectivity index (χ3v) is 3.87. The Kier molecular flexibility index (Phi) is 7.30. The molecule has 1 heterocycles. The van der Waals surface area contributed by atoms with Crippen LogP contribution in [0.15, 0.2) is 29.6 Å². The molecule has 0 atom stereocenters. The number of nitrogens with zero attached hydrogens (tertiary/aromatic N) is 1. The molecule has 0 saturated heterocycles. The summed E-state index contributed by atoms with van der Waals surface area (Å²) in [6, 6.07) is 4.92. The van der Waals surface area contributed by atoms with E-state index in [1.54, 1.807) is 12.5 Å². The van der Waals surface area contributed by atoms with E-state index in [9.17, 15) is 14.0 Å². The number of anilines is 2. The van der Waals surface area contributed by atoms with Crippen molar-refractivity contribution in [2.45, 2.75) is 12.8 Å². The largest absolute Gasteiger partial charge is 0.385 e. The van der Waals surface area contributed by atoms with E-state index in [4.69, 9.17) is 4.74 Å². The van der Waals surface area contributed by atoms with Gasteiger partial charge in [-0.15, -0.1) is 11.3 Å². The van der Waals surface area contributed by atoms with Crippen molar-refractivity contribution < 1.29 is 18.7 Å². The van der Waals surface area contributed by atoms with E-state index in [-0.39, 0.29) is 18.1 Å². The number of carbonyl (C=O) groups is 2. The van der Waals surface area contributed by atoms with Crippen molar-refractivity contribution in [1.82, 2.24) is 10.3 Å². The summed E-state index contributed by atoms with van der Waals surface area (Å²) in [5.74, 6) is -0.514. The first-order valence-electron chi connectivity index (χ1n) is 7.60. The van der Waals surface area contributed by atoms with Crippen molar-refractivity contribution in [1.29, 1.82) is 0 Å². The SMILES string of the molecule is COCCCNC(=O)Cc1csc(NC(=O)Nc2ccc(F)cc2)n1. The van der Waals surface area contributed by atoms with Gasteiger partial charge in [-0.05, 0) is 30.7 Å². The van der Waals surface area contributed by atoms with Gasteiger partial charge in [0.1, 0.15) is 5.82 Å². The van der Waals surface area contributed by atoms with Crippen LogP contribution in [0.25, 0.3) is 0 Å². The van der Waals surface area contributed by atoms with Gasteiger partial charge < -0.3 is 15.4 Å². The zero-order valence-corrected chi connectivity index (χ0v) is 14.5. The number of methoxy groups -OCH3 is 1. The molecule has 134 valence electrons. The maximum absolute atomic E-state index is 12.8. The minimum atomic E-state index is -0.489. The van der Waals surface area contributed by atoms with Crippen molar-refractivity contribution >= 4 is 34.1 Å². The van der Waals surface area contributed by atoms with Gasteiger partial charge in [-0.25, -0.2) is 14.2 Å². The molecule has 0 fully saturated rings. The number of hydrogen-bond donors (Lipinski definition) is 3. The number of benzene rings is 1. The molecule has 3 amide bonds. The Balaban J connectivity index is 1.77. The van der Waals surface area contributed by atoms with Gasteiger partial charge in [0.2, 0.25) is 5.91 Å². The van der Waals surface area contributed by atoms with Crippen LogP contribution in [0.2, 0.25) is 0 Å². The average Bonchev–Trinajstić information content (AvgIpc) is 3.00. The molecule has 1 aromatic heterocycles. The fourth-order valence-electron chi connectivity index (χ4n) is 1.91. The molecule has 1 aromatic carbocycles. The Hall–Kier alpha value is -2.52. The van der Waals surface area contributed by atoms with Crippen LogP contribution in [0.3, 0.4) is 0 Å². The zero-order valence-electron chi connectivity index (χ0n) is 13.7. The summed E-state index contributed by atoms with van der Waals surface area (Å²) in [5.41, 5.74) is 1.04. The third-order valence-electron chi connectivity index (χ3n) is 3.06. The molecule has 0 radical (unpaired) electrons. The normalized spacial score (nSPS) is 10.3. The van der Waals surface area contributed by atoms with Gasteiger partial charge in [0.25, 0.3) is 0 Å². The lowest BCUT2D eigenvalue weighted by molar-refractivity contribution is -0.120. The van der Waals surface area contributed by atoms with Gasteiger partial charge in [-0.2, -0.15) is 0 Å². The molecule has 2 rings (SSSR count). The number of thiazole rings is 1. The van der Waals surface area contributed by atoms with Crippen LogP contribution in [0.4, 0.5) is 20.0 Å². The van der Waals surface area contributed by atoms with Crippen LogP contribution in [-0.2, 0) is 16.0 Å². The monoisotopic (exact) mass is 366 g/mol. The van der Waals surface area contributed by atoms with Crippen LogP contribution in [-0.4, -0.2) is 37.2 Å². The van der Waals surface area contributed by atoms with Gasteiger partial charge in [0.15, 0.2) is 5.13 Å². The summed E-state index contributed by atoms with van der Waals surface area (Å²) >= 11 is 1.22. The Morgan fingerprint density at radius 1 is 1.24 bits per heavy atom. The number of aromatic nitrogens is 1. The maximum atomic E-state index is 12.8. The molecule has 2 aromatic rings. The van der Waals surface area contributed by atoms with Gasteiger partial charge >= 0.3 is 6.03 Å². The number of urea groups is 1. The number of rotatable bonds is 8. The van der Waals surface area contributed by atoms with E-state index in [0.717, 1.165) is 6.42 Å². The zero-order chi connectivity index (χ0) is 18.1. The number of ether oxygens (including phenoxy) is 1. The molecular formula is C16H19FN4O3S. The lowest BCUT2D eigenvalue weighted by Crippen LogP contribution is -2.26. The van der Waals surface area contributed by atoms with Crippen molar-refractivity contribution in [3.63, 3.8) is 0 Å². The predicted octanol–water partition coefficient (Wildman–Crippen LogP) is 2.62. The Morgan fingerprint density at radius 3 is 2.72 bits per heavy atom. The minimum absolute atomic E-state index is 0.135. The van der Waals surface area contributed by atoms with Crippen LogP contribution in [0.1, 0.15) is 12.1 Å². The van der Waals surface area contributed by atoms with E-state index >= 15 is 0 Å². The topological polar surface area (TPSA) is 92.4 Å². The first kappa shape index (κ1) is 18.8. The van der Waals surface area contributed by atoms with Gasteiger partial charge in [-0.1, -0.05) is 0 Å². The highest BCUT2D eigenvalue weighted by Crippen LogP contribution is 2.16. The second-order valence-electron chi connectivity index (χ2n) is 5.10. The lowest BCUT2D eigenvalue weighted by atomic mass is 10.3. The van der Waals surface area contributed by atoms with Crippen molar-refractivity contribution in [3.8, 4) is 0 Å². The van der Waals surface area contributed by atoms with E-state index in [1.165, 1.54) is 35.6 Å². The van der Waals surface area contributed by atoms with E-state index in [2.05, 4.69) is 20.9 Å². The summed E-state index contributed by atoms with van der Waals surface area (Å²) in [4.78, 5) is 27.8. The third kappa shape index (κ3) is 6.86. The first-order valence-corrected chi connectivity index (χ1v) is 8.48.